The fraction of sp³-hybridized carbons (Fsp3) is 0.296. The molecule has 38 heavy (non-hydrogen) atoms. The number of carboxylic acids is 1. The van der Waals surface area contributed by atoms with Crippen LogP contribution in [0.1, 0.15) is 37.4 Å². The fourth-order valence-electron chi connectivity index (χ4n) is 4.04. The van der Waals surface area contributed by atoms with Gasteiger partial charge in [-0.25, -0.2) is 9.78 Å². The van der Waals surface area contributed by atoms with Crippen molar-refractivity contribution >= 4 is 17.6 Å². The van der Waals surface area contributed by atoms with E-state index < -0.39 is 29.5 Å². The predicted octanol–water partition coefficient (Wildman–Crippen LogP) is 5.01. The zero-order chi connectivity index (χ0) is 27.4. The maximum atomic E-state index is 13.9. The molecule has 0 atom stereocenters. The summed E-state index contributed by atoms with van der Waals surface area (Å²) >= 11 is 0. The fourth-order valence-corrected chi connectivity index (χ4v) is 4.04. The van der Waals surface area contributed by atoms with E-state index in [9.17, 15) is 27.9 Å². The summed E-state index contributed by atoms with van der Waals surface area (Å²) in [5.74, 6) is -2.69. The van der Waals surface area contributed by atoms with Crippen LogP contribution in [0.3, 0.4) is 0 Å². The Labute approximate surface area is 217 Å². The molecule has 4 rings (SSSR count). The molecule has 0 bridgehead atoms. The Kier molecular flexibility index (Phi) is 7.98. The molecule has 1 aliphatic heterocycles. The van der Waals surface area contributed by atoms with E-state index in [4.69, 9.17) is 9.47 Å². The second kappa shape index (κ2) is 11.2. The summed E-state index contributed by atoms with van der Waals surface area (Å²) in [6, 6.07) is 11.4. The van der Waals surface area contributed by atoms with Crippen molar-refractivity contribution in [3.63, 3.8) is 0 Å². The number of aromatic nitrogens is 1. The van der Waals surface area contributed by atoms with Crippen molar-refractivity contribution in [3.8, 4) is 11.6 Å². The Balaban J connectivity index is 1.60. The quantitative estimate of drug-likeness (QED) is 0.460. The number of carbonyl (C=O) groups is 2. The molecule has 200 valence electrons. The lowest BCUT2D eigenvalue weighted by Gasteiger charge is -2.26. The average molecular weight is 530 g/mol. The SMILES string of the molecule is Cc1ccc(C(=O)N(C)c2ccc(Oc3ncc(CN4CCOCC4)cc3C(F)(F)F)cc2C(=O)O)cc1. The van der Waals surface area contributed by atoms with Crippen LogP contribution < -0.4 is 9.64 Å². The van der Waals surface area contributed by atoms with Gasteiger partial charge in [-0.3, -0.25) is 9.69 Å². The topological polar surface area (TPSA) is 92.2 Å². The highest BCUT2D eigenvalue weighted by Crippen LogP contribution is 2.38. The van der Waals surface area contributed by atoms with Crippen molar-refractivity contribution in [2.45, 2.75) is 19.6 Å². The number of anilines is 1. The number of nitrogens with zero attached hydrogens (tertiary/aromatic N) is 3. The Morgan fingerprint density at radius 1 is 1.11 bits per heavy atom. The molecule has 11 heteroatoms. The molecule has 1 saturated heterocycles. The van der Waals surface area contributed by atoms with Crippen molar-refractivity contribution in [1.82, 2.24) is 9.88 Å². The van der Waals surface area contributed by atoms with Crippen LogP contribution >= 0.6 is 0 Å². The van der Waals surface area contributed by atoms with Crippen molar-refractivity contribution < 1.29 is 37.3 Å². The van der Waals surface area contributed by atoms with Crippen LogP contribution in [-0.2, 0) is 17.5 Å². The first-order valence-corrected chi connectivity index (χ1v) is 11.8. The summed E-state index contributed by atoms with van der Waals surface area (Å²) < 4.78 is 52.3. The number of rotatable bonds is 7. The van der Waals surface area contributed by atoms with Crippen molar-refractivity contribution in [3.05, 3.63) is 82.5 Å². The number of benzene rings is 2. The number of morpholine rings is 1. The predicted molar refractivity (Wildman–Crippen MR) is 133 cm³/mol. The minimum absolute atomic E-state index is 0.0558. The number of carbonyl (C=O) groups excluding carboxylic acids is 1. The van der Waals surface area contributed by atoms with Crippen molar-refractivity contribution in [2.24, 2.45) is 0 Å². The number of aryl methyl sites for hydroxylation is 1. The van der Waals surface area contributed by atoms with Gasteiger partial charge in [-0.1, -0.05) is 17.7 Å². The summed E-state index contributed by atoms with van der Waals surface area (Å²) in [6.45, 7) is 4.37. The molecule has 1 aromatic heterocycles. The Bertz CT molecular complexity index is 1320. The lowest BCUT2D eigenvalue weighted by molar-refractivity contribution is -0.139. The highest BCUT2D eigenvalue weighted by Gasteiger charge is 2.36. The van der Waals surface area contributed by atoms with Gasteiger partial charge in [-0.15, -0.1) is 0 Å². The van der Waals surface area contributed by atoms with Gasteiger partial charge in [0.15, 0.2) is 0 Å². The first kappa shape index (κ1) is 27.1. The minimum atomic E-state index is -4.75. The second-order valence-corrected chi connectivity index (χ2v) is 8.90. The number of carboxylic acid groups (broad SMARTS) is 1. The van der Waals surface area contributed by atoms with Gasteiger partial charge in [0.2, 0.25) is 5.88 Å². The molecule has 0 saturated carbocycles. The van der Waals surface area contributed by atoms with Gasteiger partial charge in [0.05, 0.1) is 24.5 Å². The van der Waals surface area contributed by atoms with E-state index in [0.717, 1.165) is 22.6 Å². The molecule has 1 N–H and O–H groups in total. The maximum absolute atomic E-state index is 13.9. The van der Waals surface area contributed by atoms with E-state index in [1.165, 1.54) is 25.4 Å². The first-order chi connectivity index (χ1) is 18.0. The standard InChI is InChI=1S/C27H26F3N3O5/c1-17-3-5-19(6-4-17)25(34)32(2)23-8-7-20(14-21(23)26(35)36)38-24-22(27(28,29)30)13-18(15-31-24)16-33-9-11-37-12-10-33/h3-8,13-15H,9-12,16H2,1-2H3,(H,35,36). The molecule has 2 aromatic carbocycles. The third-order valence-corrected chi connectivity index (χ3v) is 6.10. The van der Waals surface area contributed by atoms with Gasteiger partial charge in [0.25, 0.3) is 5.91 Å². The highest BCUT2D eigenvalue weighted by atomic mass is 19.4. The minimum Gasteiger partial charge on any atom is -0.478 e. The van der Waals surface area contributed by atoms with Crippen LogP contribution in [0.25, 0.3) is 0 Å². The van der Waals surface area contributed by atoms with Crippen LogP contribution in [0.4, 0.5) is 18.9 Å². The van der Waals surface area contributed by atoms with E-state index >= 15 is 0 Å². The molecule has 1 fully saturated rings. The largest absolute Gasteiger partial charge is 0.478 e. The Morgan fingerprint density at radius 3 is 2.42 bits per heavy atom. The van der Waals surface area contributed by atoms with Crippen LogP contribution in [0.2, 0.25) is 0 Å². The van der Waals surface area contributed by atoms with Gasteiger partial charge >= 0.3 is 12.1 Å². The number of ether oxygens (including phenoxy) is 2. The zero-order valence-electron chi connectivity index (χ0n) is 20.8. The van der Waals surface area contributed by atoms with E-state index in [1.54, 1.807) is 24.3 Å². The van der Waals surface area contributed by atoms with Gasteiger partial charge in [-0.2, -0.15) is 13.2 Å². The number of pyridine rings is 1. The number of hydrogen-bond acceptors (Lipinski definition) is 6. The Hall–Kier alpha value is -3.96. The molecular weight excluding hydrogens is 503 g/mol. The summed E-state index contributed by atoms with van der Waals surface area (Å²) in [5, 5.41) is 9.77. The van der Waals surface area contributed by atoms with Crippen molar-refractivity contribution in [2.75, 3.05) is 38.3 Å². The number of aromatic carboxylic acids is 1. The molecule has 0 aliphatic carbocycles. The molecule has 0 spiro atoms. The molecule has 8 nitrogen and oxygen atoms in total. The maximum Gasteiger partial charge on any atom is 0.421 e. The van der Waals surface area contributed by atoms with Gasteiger partial charge in [0.1, 0.15) is 11.3 Å². The summed E-state index contributed by atoms with van der Waals surface area (Å²) in [5.41, 5.74) is 0.340. The van der Waals surface area contributed by atoms with Crippen LogP contribution in [0.15, 0.2) is 54.7 Å². The van der Waals surface area contributed by atoms with Gasteiger partial charge in [0, 0.05) is 38.4 Å². The summed E-state index contributed by atoms with van der Waals surface area (Å²) in [6.07, 6.45) is -3.44. The molecular formula is C27H26F3N3O5. The molecule has 1 aliphatic rings. The molecule has 0 unspecified atom stereocenters. The number of amides is 1. The third-order valence-electron chi connectivity index (χ3n) is 6.10. The Morgan fingerprint density at radius 2 is 1.79 bits per heavy atom. The summed E-state index contributed by atoms with van der Waals surface area (Å²) in [7, 11) is 1.42. The number of hydrogen-bond donors (Lipinski definition) is 1. The lowest BCUT2D eigenvalue weighted by Crippen LogP contribution is -2.35. The van der Waals surface area contributed by atoms with Gasteiger partial charge in [-0.05, 0) is 48.9 Å². The van der Waals surface area contributed by atoms with Crippen molar-refractivity contribution in [1.29, 1.82) is 0 Å². The van der Waals surface area contributed by atoms with E-state index in [1.807, 2.05) is 11.8 Å². The monoisotopic (exact) mass is 529 g/mol. The number of halogens is 3. The van der Waals surface area contributed by atoms with Crippen LogP contribution in [0, 0.1) is 6.92 Å². The molecule has 3 aromatic rings. The van der Waals surface area contributed by atoms with Crippen LogP contribution in [-0.4, -0.2) is 60.2 Å². The van der Waals surface area contributed by atoms with Gasteiger partial charge < -0.3 is 19.5 Å². The normalized spacial score (nSPS) is 14.2. The first-order valence-electron chi connectivity index (χ1n) is 11.8. The molecule has 0 radical (unpaired) electrons. The molecule has 1 amide bonds. The third kappa shape index (κ3) is 6.29. The van der Waals surface area contributed by atoms with Crippen LogP contribution in [0.5, 0.6) is 11.6 Å². The second-order valence-electron chi connectivity index (χ2n) is 8.90. The average Bonchev–Trinajstić information content (AvgIpc) is 2.89. The highest BCUT2D eigenvalue weighted by molar-refractivity contribution is 6.09. The number of alkyl halides is 3. The van der Waals surface area contributed by atoms with E-state index in [0.29, 0.717) is 37.4 Å². The summed E-state index contributed by atoms with van der Waals surface area (Å²) in [4.78, 5) is 31.9. The molecule has 2 heterocycles. The lowest BCUT2D eigenvalue weighted by atomic mass is 10.1. The zero-order valence-corrected chi connectivity index (χ0v) is 20.8. The van der Waals surface area contributed by atoms with E-state index in [-0.39, 0.29) is 23.5 Å². The van der Waals surface area contributed by atoms with E-state index in [2.05, 4.69) is 4.98 Å². The smallest absolute Gasteiger partial charge is 0.421 e.